The zero-order chi connectivity index (χ0) is 16.2. The fourth-order valence-electron chi connectivity index (χ4n) is 2.71. The van der Waals surface area contributed by atoms with Gasteiger partial charge in [0.2, 0.25) is 0 Å². The molecule has 0 radical (unpaired) electrons. The molecule has 1 amide bonds. The summed E-state index contributed by atoms with van der Waals surface area (Å²) < 4.78 is 5.72. The maximum Gasteiger partial charge on any atom is 0.253 e. The number of aliphatic hydroxyl groups is 1. The van der Waals surface area contributed by atoms with Crippen molar-refractivity contribution in [1.82, 2.24) is 4.90 Å². The fourth-order valence-corrected chi connectivity index (χ4v) is 2.71. The number of hydrogen-bond donors (Lipinski definition) is 1. The maximum atomic E-state index is 12.5. The first kappa shape index (κ1) is 15.6. The summed E-state index contributed by atoms with van der Waals surface area (Å²) in [5, 5.41) is 9.94. The summed E-state index contributed by atoms with van der Waals surface area (Å²) in [4.78, 5) is 14.2. The average molecular weight is 311 g/mol. The van der Waals surface area contributed by atoms with Crippen molar-refractivity contribution in [1.29, 1.82) is 0 Å². The Hall–Kier alpha value is -2.33. The monoisotopic (exact) mass is 311 g/mol. The van der Waals surface area contributed by atoms with Crippen LogP contribution in [0.15, 0.2) is 54.6 Å². The van der Waals surface area contributed by atoms with Crippen LogP contribution in [0.1, 0.15) is 23.7 Å². The van der Waals surface area contributed by atoms with E-state index < -0.39 is 6.10 Å². The molecule has 0 saturated carbocycles. The van der Waals surface area contributed by atoms with E-state index in [1.54, 1.807) is 29.2 Å². The van der Waals surface area contributed by atoms with Crippen molar-refractivity contribution < 1.29 is 14.6 Å². The van der Waals surface area contributed by atoms with Crippen LogP contribution in [0.3, 0.4) is 0 Å². The molecule has 1 N–H and O–H groups in total. The van der Waals surface area contributed by atoms with Gasteiger partial charge < -0.3 is 14.7 Å². The van der Waals surface area contributed by atoms with Crippen LogP contribution in [-0.2, 0) is 0 Å². The van der Waals surface area contributed by atoms with Crippen LogP contribution in [0, 0.1) is 5.92 Å². The van der Waals surface area contributed by atoms with Gasteiger partial charge in [0.05, 0.1) is 6.10 Å². The second-order valence-electron chi connectivity index (χ2n) is 6.02. The Morgan fingerprint density at radius 3 is 2.39 bits per heavy atom. The first-order valence-electron chi connectivity index (χ1n) is 7.94. The van der Waals surface area contributed by atoms with Gasteiger partial charge in [0.25, 0.3) is 5.91 Å². The lowest BCUT2D eigenvalue weighted by Crippen LogP contribution is -2.45. The maximum absolute atomic E-state index is 12.5. The highest BCUT2D eigenvalue weighted by Gasteiger charge is 2.27. The van der Waals surface area contributed by atoms with Crippen molar-refractivity contribution in [3.63, 3.8) is 0 Å². The van der Waals surface area contributed by atoms with Crippen LogP contribution in [0.4, 0.5) is 0 Å². The van der Waals surface area contributed by atoms with Crippen molar-refractivity contribution >= 4 is 5.91 Å². The molecule has 2 aromatic rings. The number of aliphatic hydroxyl groups excluding tert-OH is 1. The number of carbonyl (C=O) groups excluding carboxylic acids is 1. The number of para-hydroxylation sites is 1. The molecule has 120 valence electrons. The van der Waals surface area contributed by atoms with Crippen LogP contribution in [0.2, 0.25) is 0 Å². The normalized spacial score (nSPS) is 21.0. The molecule has 0 bridgehead atoms. The largest absolute Gasteiger partial charge is 0.457 e. The Balaban J connectivity index is 1.66. The minimum Gasteiger partial charge on any atom is -0.457 e. The van der Waals surface area contributed by atoms with Crippen molar-refractivity contribution in [2.75, 3.05) is 13.1 Å². The second kappa shape index (κ2) is 6.84. The van der Waals surface area contributed by atoms with Crippen LogP contribution in [0.25, 0.3) is 0 Å². The quantitative estimate of drug-likeness (QED) is 0.946. The Morgan fingerprint density at radius 2 is 1.74 bits per heavy atom. The van der Waals surface area contributed by atoms with Crippen molar-refractivity contribution in [3.8, 4) is 11.5 Å². The number of nitrogens with zero attached hydrogens (tertiary/aromatic N) is 1. The molecule has 4 nitrogen and oxygen atoms in total. The summed E-state index contributed by atoms with van der Waals surface area (Å²) >= 11 is 0. The van der Waals surface area contributed by atoms with Gasteiger partial charge in [-0.1, -0.05) is 25.1 Å². The molecule has 2 unspecified atom stereocenters. The first-order chi connectivity index (χ1) is 11.1. The van der Waals surface area contributed by atoms with Crippen molar-refractivity contribution in [3.05, 3.63) is 60.2 Å². The van der Waals surface area contributed by atoms with E-state index in [2.05, 4.69) is 0 Å². The lowest BCUT2D eigenvalue weighted by molar-refractivity contribution is 0.0248. The highest BCUT2D eigenvalue weighted by molar-refractivity contribution is 5.94. The molecule has 2 aromatic carbocycles. The number of hydrogen-bond acceptors (Lipinski definition) is 3. The van der Waals surface area contributed by atoms with E-state index >= 15 is 0 Å². The molecule has 0 aromatic heterocycles. The predicted octanol–water partition coefficient (Wildman–Crippen LogP) is 3.32. The SMILES string of the molecule is CC1CCN(C(=O)c2ccc(Oc3ccccc3)cc2)CC1O. The van der Waals surface area contributed by atoms with Crippen LogP contribution in [-0.4, -0.2) is 35.1 Å². The molecule has 1 aliphatic heterocycles. The van der Waals surface area contributed by atoms with Gasteiger partial charge in [-0.25, -0.2) is 0 Å². The highest BCUT2D eigenvalue weighted by Crippen LogP contribution is 2.23. The molecule has 0 spiro atoms. The molecule has 1 aliphatic rings. The minimum absolute atomic E-state index is 0.0396. The smallest absolute Gasteiger partial charge is 0.253 e. The fraction of sp³-hybridized carbons (Fsp3) is 0.316. The Labute approximate surface area is 136 Å². The third kappa shape index (κ3) is 3.71. The summed E-state index contributed by atoms with van der Waals surface area (Å²) in [6.07, 6.45) is 0.399. The summed E-state index contributed by atoms with van der Waals surface area (Å²) in [5.41, 5.74) is 0.618. The van der Waals surface area contributed by atoms with Gasteiger partial charge >= 0.3 is 0 Å². The summed E-state index contributed by atoms with van der Waals surface area (Å²) in [6.45, 7) is 3.11. The molecule has 0 aliphatic carbocycles. The number of carbonyl (C=O) groups is 1. The van der Waals surface area contributed by atoms with E-state index in [9.17, 15) is 9.90 Å². The topological polar surface area (TPSA) is 49.8 Å². The van der Waals surface area contributed by atoms with E-state index in [1.165, 1.54) is 0 Å². The Kier molecular flexibility index (Phi) is 4.63. The van der Waals surface area contributed by atoms with E-state index in [4.69, 9.17) is 4.74 Å². The van der Waals surface area contributed by atoms with Gasteiger partial charge in [-0.15, -0.1) is 0 Å². The van der Waals surface area contributed by atoms with Crippen LogP contribution >= 0.6 is 0 Å². The first-order valence-corrected chi connectivity index (χ1v) is 7.94. The van der Waals surface area contributed by atoms with Gasteiger partial charge in [0, 0.05) is 18.7 Å². The summed E-state index contributed by atoms with van der Waals surface area (Å²) in [5.74, 6) is 1.67. The minimum atomic E-state index is -0.437. The van der Waals surface area contributed by atoms with Gasteiger partial charge in [-0.05, 0) is 48.7 Å². The van der Waals surface area contributed by atoms with E-state index in [-0.39, 0.29) is 11.8 Å². The van der Waals surface area contributed by atoms with E-state index in [1.807, 2.05) is 37.3 Å². The molecule has 23 heavy (non-hydrogen) atoms. The highest BCUT2D eigenvalue weighted by atomic mass is 16.5. The zero-order valence-corrected chi connectivity index (χ0v) is 13.2. The number of rotatable bonds is 3. The Morgan fingerprint density at radius 1 is 1.09 bits per heavy atom. The number of piperidine rings is 1. The number of β-amino-alcohol motifs (C(OH)–C–C–N with tert-alkyl or cyclic N) is 1. The van der Waals surface area contributed by atoms with Gasteiger partial charge in [0.1, 0.15) is 11.5 Å². The molecule has 1 fully saturated rings. The summed E-state index contributed by atoms with van der Waals surface area (Å²) in [7, 11) is 0. The zero-order valence-electron chi connectivity index (χ0n) is 13.2. The lowest BCUT2D eigenvalue weighted by atomic mass is 9.95. The van der Waals surface area contributed by atoms with Gasteiger partial charge in [-0.3, -0.25) is 4.79 Å². The summed E-state index contributed by atoms with van der Waals surface area (Å²) in [6, 6.07) is 16.7. The molecule has 4 heteroatoms. The van der Waals surface area contributed by atoms with Crippen molar-refractivity contribution in [2.45, 2.75) is 19.4 Å². The lowest BCUT2D eigenvalue weighted by Gasteiger charge is -2.34. The molecular weight excluding hydrogens is 290 g/mol. The number of likely N-dealkylation sites (tertiary alicyclic amines) is 1. The number of ether oxygens (including phenoxy) is 1. The standard InChI is InChI=1S/C19H21NO3/c1-14-11-12-20(13-18(14)21)19(22)15-7-9-17(10-8-15)23-16-5-3-2-4-6-16/h2-10,14,18,21H,11-13H2,1H3. The third-order valence-corrected chi connectivity index (χ3v) is 4.29. The Bertz CT molecular complexity index is 654. The van der Waals surface area contributed by atoms with Crippen LogP contribution < -0.4 is 4.74 Å². The number of benzene rings is 2. The molecule has 2 atom stereocenters. The molecule has 1 heterocycles. The van der Waals surface area contributed by atoms with Crippen LogP contribution in [0.5, 0.6) is 11.5 Å². The molecule has 3 rings (SSSR count). The van der Waals surface area contributed by atoms with Gasteiger partial charge in [0.15, 0.2) is 0 Å². The number of amides is 1. The van der Waals surface area contributed by atoms with E-state index in [0.29, 0.717) is 24.4 Å². The molecular formula is C19H21NO3. The van der Waals surface area contributed by atoms with E-state index in [0.717, 1.165) is 12.2 Å². The van der Waals surface area contributed by atoms with Gasteiger partial charge in [-0.2, -0.15) is 0 Å². The predicted molar refractivity (Wildman–Crippen MR) is 88.6 cm³/mol. The third-order valence-electron chi connectivity index (χ3n) is 4.29. The van der Waals surface area contributed by atoms with Crippen molar-refractivity contribution in [2.24, 2.45) is 5.92 Å². The second-order valence-corrected chi connectivity index (χ2v) is 6.02. The average Bonchev–Trinajstić information content (AvgIpc) is 2.58. The molecule has 1 saturated heterocycles.